The number of nitrogens with one attached hydrogen (secondary N) is 1. The second-order valence-corrected chi connectivity index (χ2v) is 8.66. The Bertz CT molecular complexity index is 916. The summed E-state index contributed by atoms with van der Waals surface area (Å²) in [6.45, 7) is 14.1. The summed E-state index contributed by atoms with van der Waals surface area (Å²) in [5, 5.41) is 2.68. The van der Waals surface area contributed by atoms with E-state index in [-0.39, 0.29) is 11.3 Å². The van der Waals surface area contributed by atoms with Gasteiger partial charge < -0.3 is 10.1 Å². The van der Waals surface area contributed by atoms with Crippen molar-refractivity contribution >= 4 is 11.6 Å². The average Bonchev–Trinajstić information content (AvgIpc) is 2.68. The molecule has 0 spiro atoms. The Balaban J connectivity index is 2.41. The second-order valence-electron chi connectivity index (χ2n) is 8.66. The molecule has 4 nitrogen and oxygen atoms in total. The first-order valence-corrected chi connectivity index (χ1v) is 10.5. The molecule has 0 aromatic heterocycles. The first-order valence-electron chi connectivity index (χ1n) is 10.5. The van der Waals surface area contributed by atoms with Crippen LogP contribution in [0.15, 0.2) is 61.7 Å². The van der Waals surface area contributed by atoms with Crippen molar-refractivity contribution in [2.75, 3.05) is 25.5 Å². The topological polar surface area (TPSA) is 41.6 Å². The smallest absolute Gasteiger partial charge is 0.246 e. The third kappa shape index (κ3) is 6.34. The summed E-state index contributed by atoms with van der Waals surface area (Å²) >= 11 is 0. The third-order valence-corrected chi connectivity index (χ3v) is 5.01. The van der Waals surface area contributed by atoms with Gasteiger partial charge >= 0.3 is 0 Å². The van der Waals surface area contributed by atoms with Gasteiger partial charge in [-0.25, -0.2) is 8.78 Å². The summed E-state index contributed by atoms with van der Waals surface area (Å²) in [5.74, 6) is -1.79. The summed E-state index contributed by atoms with van der Waals surface area (Å²) in [5.41, 5.74) is 1.06. The maximum absolute atomic E-state index is 14.7. The summed E-state index contributed by atoms with van der Waals surface area (Å²) in [4.78, 5) is 15.2. The van der Waals surface area contributed by atoms with Gasteiger partial charge in [-0.15, -0.1) is 13.2 Å². The number of hydrogen-bond donors (Lipinski definition) is 1. The van der Waals surface area contributed by atoms with E-state index < -0.39 is 29.0 Å². The lowest BCUT2D eigenvalue weighted by atomic mass is 9.86. The molecular weight excluding hydrogens is 410 g/mol. The van der Waals surface area contributed by atoms with Crippen LogP contribution in [0.5, 0.6) is 0 Å². The van der Waals surface area contributed by atoms with E-state index in [1.807, 2.05) is 29.2 Å². The molecule has 2 aromatic carbocycles. The van der Waals surface area contributed by atoms with Gasteiger partial charge in [-0.3, -0.25) is 9.69 Å². The standard InChI is InChI=1S/C26H32F2N2O2/c1-7-13-30(14-8-2)24(19-11-9-18(10-12-19)17-32-6)25(31)29-20-15-21(27)23(22(28)16-20)26(3,4)5/h7-12,15-16,24H,1-2,13-14,17H2,3-6H3,(H,29,31). The Morgan fingerprint density at radius 1 is 1.09 bits per heavy atom. The van der Waals surface area contributed by atoms with E-state index in [4.69, 9.17) is 4.74 Å². The number of hydrogen-bond acceptors (Lipinski definition) is 3. The van der Waals surface area contributed by atoms with E-state index in [9.17, 15) is 13.6 Å². The predicted molar refractivity (Wildman–Crippen MR) is 126 cm³/mol. The quantitative estimate of drug-likeness (QED) is 0.476. The minimum Gasteiger partial charge on any atom is -0.380 e. The van der Waals surface area contributed by atoms with Gasteiger partial charge in [0.1, 0.15) is 17.7 Å². The summed E-state index contributed by atoms with van der Waals surface area (Å²) < 4.78 is 34.5. The van der Waals surface area contributed by atoms with Gasteiger partial charge in [-0.2, -0.15) is 0 Å². The molecule has 0 bridgehead atoms. The summed E-state index contributed by atoms with van der Waals surface area (Å²) in [6, 6.07) is 9.07. The van der Waals surface area contributed by atoms with Gasteiger partial charge in [0.2, 0.25) is 5.91 Å². The van der Waals surface area contributed by atoms with E-state index >= 15 is 0 Å². The fraction of sp³-hybridized carbons (Fsp3) is 0.346. The van der Waals surface area contributed by atoms with Gasteiger partial charge in [0.15, 0.2) is 0 Å². The van der Waals surface area contributed by atoms with E-state index in [0.717, 1.165) is 23.3 Å². The Morgan fingerprint density at radius 2 is 1.62 bits per heavy atom. The zero-order chi connectivity index (χ0) is 23.9. The van der Waals surface area contributed by atoms with Crippen LogP contribution in [0, 0.1) is 11.6 Å². The molecule has 0 aliphatic carbocycles. The van der Waals surface area contributed by atoms with Crippen LogP contribution in [0.1, 0.15) is 43.5 Å². The molecule has 2 rings (SSSR count). The lowest BCUT2D eigenvalue weighted by Crippen LogP contribution is -2.37. The molecule has 0 aliphatic heterocycles. The highest BCUT2D eigenvalue weighted by Gasteiger charge is 2.28. The lowest BCUT2D eigenvalue weighted by Gasteiger charge is -2.29. The number of benzene rings is 2. The number of amides is 1. The highest BCUT2D eigenvalue weighted by Crippen LogP contribution is 2.31. The van der Waals surface area contributed by atoms with Crippen molar-refractivity contribution in [2.24, 2.45) is 0 Å². The van der Waals surface area contributed by atoms with Gasteiger partial charge in [-0.1, -0.05) is 57.2 Å². The SMILES string of the molecule is C=CCN(CC=C)C(C(=O)Nc1cc(F)c(C(C)(C)C)c(F)c1)c1ccc(COC)cc1. The summed E-state index contributed by atoms with van der Waals surface area (Å²) in [7, 11) is 1.61. The molecule has 0 saturated heterocycles. The number of carbonyl (C=O) groups is 1. The number of nitrogens with zero attached hydrogens (tertiary/aromatic N) is 1. The molecule has 0 heterocycles. The molecule has 6 heteroatoms. The monoisotopic (exact) mass is 442 g/mol. The van der Waals surface area contributed by atoms with Crippen LogP contribution in [-0.2, 0) is 21.6 Å². The van der Waals surface area contributed by atoms with Crippen molar-refractivity contribution in [3.8, 4) is 0 Å². The summed E-state index contributed by atoms with van der Waals surface area (Å²) in [6.07, 6.45) is 3.39. The lowest BCUT2D eigenvalue weighted by molar-refractivity contribution is -0.121. The molecule has 2 aromatic rings. The normalized spacial score (nSPS) is 12.5. The van der Waals surface area contributed by atoms with Crippen molar-refractivity contribution in [3.63, 3.8) is 0 Å². The van der Waals surface area contributed by atoms with Crippen LogP contribution >= 0.6 is 0 Å². The Labute approximate surface area is 189 Å². The second kappa shape index (κ2) is 11.2. The van der Waals surface area contributed by atoms with Crippen molar-refractivity contribution < 1.29 is 18.3 Å². The van der Waals surface area contributed by atoms with Gasteiger partial charge in [-0.05, 0) is 28.7 Å². The highest BCUT2D eigenvalue weighted by molar-refractivity contribution is 5.95. The fourth-order valence-electron chi connectivity index (χ4n) is 3.68. The maximum atomic E-state index is 14.7. The number of ether oxygens (including phenoxy) is 1. The number of halogens is 2. The van der Waals surface area contributed by atoms with Crippen molar-refractivity contribution in [1.82, 2.24) is 4.90 Å². The number of rotatable bonds is 10. The average molecular weight is 443 g/mol. The van der Waals surface area contributed by atoms with Crippen molar-refractivity contribution in [3.05, 3.63) is 90.0 Å². The van der Waals surface area contributed by atoms with Crippen molar-refractivity contribution in [2.45, 2.75) is 38.8 Å². The van der Waals surface area contributed by atoms with Crippen LogP contribution in [0.25, 0.3) is 0 Å². The van der Waals surface area contributed by atoms with Crippen LogP contribution in [0.4, 0.5) is 14.5 Å². The first-order chi connectivity index (χ1) is 15.1. The third-order valence-electron chi connectivity index (χ3n) is 5.01. The molecule has 0 radical (unpaired) electrons. The van der Waals surface area contributed by atoms with Crippen LogP contribution < -0.4 is 5.32 Å². The van der Waals surface area contributed by atoms with Gasteiger partial charge in [0.05, 0.1) is 6.61 Å². The van der Waals surface area contributed by atoms with Crippen LogP contribution in [0.2, 0.25) is 0 Å². The van der Waals surface area contributed by atoms with Crippen LogP contribution in [-0.4, -0.2) is 31.0 Å². The van der Waals surface area contributed by atoms with Crippen LogP contribution in [0.3, 0.4) is 0 Å². The number of anilines is 1. The molecule has 1 unspecified atom stereocenters. The minimum atomic E-state index is -0.712. The predicted octanol–water partition coefficient (Wildman–Crippen LogP) is 5.76. The minimum absolute atomic E-state index is 0.0132. The highest BCUT2D eigenvalue weighted by atomic mass is 19.1. The number of carbonyl (C=O) groups excluding carboxylic acids is 1. The van der Waals surface area contributed by atoms with E-state index in [1.165, 1.54) is 0 Å². The molecule has 172 valence electrons. The van der Waals surface area contributed by atoms with E-state index in [1.54, 1.807) is 40.0 Å². The Hall–Kier alpha value is -2.83. The molecule has 32 heavy (non-hydrogen) atoms. The van der Waals surface area contributed by atoms with Gasteiger partial charge in [0, 0.05) is 31.5 Å². The largest absolute Gasteiger partial charge is 0.380 e. The van der Waals surface area contributed by atoms with E-state index in [2.05, 4.69) is 18.5 Å². The fourth-order valence-corrected chi connectivity index (χ4v) is 3.68. The molecule has 0 fully saturated rings. The zero-order valence-corrected chi connectivity index (χ0v) is 19.3. The van der Waals surface area contributed by atoms with Gasteiger partial charge in [0.25, 0.3) is 0 Å². The number of methoxy groups -OCH3 is 1. The molecule has 1 N–H and O–H groups in total. The Morgan fingerprint density at radius 3 is 2.06 bits per heavy atom. The molecular formula is C26H32F2N2O2. The maximum Gasteiger partial charge on any atom is 0.246 e. The van der Waals surface area contributed by atoms with Crippen molar-refractivity contribution in [1.29, 1.82) is 0 Å². The molecule has 1 amide bonds. The Kier molecular flexibility index (Phi) is 8.87. The molecule has 1 atom stereocenters. The molecule has 0 aliphatic rings. The zero-order valence-electron chi connectivity index (χ0n) is 19.3. The molecule has 0 saturated carbocycles. The van der Waals surface area contributed by atoms with E-state index in [0.29, 0.717) is 19.7 Å². The first kappa shape index (κ1) is 25.4.